The van der Waals surface area contributed by atoms with E-state index in [0.717, 1.165) is 10.7 Å². The molecule has 1 heterocycles. The molecule has 16 heavy (non-hydrogen) atoms. The molecule has 5 nitrogen and oxygen atoms in total. The van der Waals surface area contributed by atoms with E-state index < -0.39 is 10.7 Å². The number of carboxylic acids is 1. The lowest BCUT2D eigenvalue weighted by atomic mass is 10.2. The second kappa shape index (κ2) is 4.88. The summed E-state index contributed by atoms with van der Waals surface area (Å²) >= 11 is 1.25. The summed E-state index contributed by atoms with van der Waals surface area (Å²) in [6.45, 7) is 3.67. The van der Waals surface area contributed by atoms with Crippen molar-refractivity contribution in [2.24, 2.45) is 7.05 Å². The monoisotopic (exact) mass is 244 g/mol. The number of thioether (sulfide) groups is 1. The van der Waals surface area contributed by atoms with Gasteiger partial charge in [-0.25, -0.2) is 0 Å². The lowest BCUT2D eigenvalue weighted by Gasteiger charge is -2.22. The SMILES string of the molecule is COCC(C)(Sc1cc(C)nn1C)C(=O)O. The lowest BCUT2D eigenvalue weighted by molar-refractivity contribution is -0.140. The molecule has 0 aliphatic rings. The average molecular weight is 244 g/mol. The number of aliphatic carboxylic acids is 1. The number of hydrogen-bond acceptors (Lipinski definition) is 4. The first-order valence-electron chi connectivity index (χ1n) is 4.81. The van der Waals surface area contributed by atoms with Gasteiger partial charge in [-0.1, -0.05) is 11.8 Å². The fraction of sp³-hybridized carbons (Fsp3) is 0.600. The number of aromatic nitrogens is 2. The molecule has 0 saturated carbocycles. The van der Waals surface area contributed by atoms with E-state index in [1.807, 2.05) is 13.0 Å². The first kappa shape index (κ1) is 13.1. The number of aryl methyl sites for hydroxylation is 2. The second-order valence-corrected chi connectivity index (χ2v) is 5.34. The van der Waals surface area contributed by atoms with Crippen molar-refractivity contribution < 1.29 is 14.6 Å². The van der Waals surface area contributed by atoms with Gasteiger partial charge in [-0.2, -0.15) is 5.10 Å². The van der Waals surface area contributed by atoms with Gasteiger partial charge in [0.15, 0.2) is 0 Å². The van der Waals surface area contributed by atoms with Crippen molar-refractivity contribution >= 4 is 17.7 Å². The Kier molecular flexibility index (Phi) is 3.98. The quantitative estimate of drug-likeness (QED) is 0.791. The van der Waals surface area contributed by atoms with Crippen LogP contribution >= 0.6 is 11.8 Å². The normalized spacial score (nSPS) is 14.8. The molecule has 0 saturated heterocycles. The highest BCUT2D eigenvalue weighted by Crippen LogP contribution is 2.33. The summed E-state index contributed by atoms with van der Waals surface area (Å²) in [5, 5.41) is 14.2. The van der Waals surface area contributed by atoms with Crippen LogP contribution in [0.15, 0.2) is 11.1 Å². The lowest BCUT2D eigenvalue weighted by Crippen LogP contribution is -2.36. The molecule has 1 aromatic rings. The average Bonchev–Trinajstić information content (AvgIpc) is 2.45. The Balaban J connectivity index is 2.92. The summed E-state index contributed by atoms with van der Waals surface area (Å²) in [5.74, 6) is -0.891. The van der Waals surface area contributed by atoms with Crippen LogP contribution < -0.4 is 0 Å². The molecule has 1 atom stereocenters. The highest BCUT2D eigenvalue weighted by molar-refractivity contribution is 8.01. The van der Waals surface area contributed by atoms with Crippen molar-refractivity contribution in [3.05, 3.63) is 11.8 Å². The molecule has 0 aliphatic carbocycles. The van der Waals surface area contributed by atoms with Gasteiger partial charge < -0.3 is 9.84 Å². The zero-order valence-corrected chi connectivity index (χ0v) is 10.7. The summed E-state index contributed by atoms with van der Waals surface area (Å²) < 4.78 is 5.64. The van der Waals surface area contributed by atoms with Crippen LogP contribution in [0.4, 0.5) is 0 Å². The first-order valence-corrected chi connectivity index (χ1v) is 5.62. The van der Waals surface area contributed by atoms with Crippen LogP contribution in [0.2, 0.25) is 0 Å². The number of nitrogens with zero attached hydrogens (tertiary/aromatic N) is 2. The van der Waals surface area contributed by atoms with Crippen LogP contribution in [0.5, 0.6) is 0 Å². The molecule has 0 aromatic carbocycles. The van der Waals surface area contributed by atoms with E-state index in [4.69, 9.17) is 4.74 Å². The number of carboxylic acid groups (broad SMARTS) is 1. The Morgan fingerprint density at radius 1 is 1.75 bits per heavy atom. The molecule has 90 valence electrons. The van der Waals surface area contributed by atoms with Crippen molar-refractivity contribution in [2.75, 3.05) is 13.7 Å². The van der Waals surface area contributed by atoms with Gasteiger partial charge >= 0.3 is 5.97 Å². The third-order valence-electron chi connectivity index (χ3n) is 2.16. The summed E-state index contributed by atoms with van der Waals surface area (Å²) in [4.78, 5) is 11.2. The Bertz CT molecular complexity index is 391. The smallest absolute Gasteiger partial charge is 0.322 e. The van der Waals surface area contributed by atoms with E-state index in [2.05, 4.69) is 5.10 Å². The first-order chi connectivity index (χ1) is 7.39. The Labute approximate surface area is 98.8 Å². The van der Waals surface area contributed by atoms with Crippen molar-refractivity contribution in [3.63, 3.8) is 0 Å². The fourth-order valence-electron chi connectivity index (χ4n) is 1.32. The van der Waals surface area contributed by atoms with Gasteiger partial charge in [-0.05, 0) is 19.9 Å². The molecule has 1 rings (SSSR count). The zero-order valence-electron chi connectivity index (χ0n) is 9.85. The van der Waals surface area contributed by atoms with Crippen molar-refractivity contribution in [1.29, 1.82) is 0 Å². The van der Waals surface area contributed by atoms with Gasteiger partial charge in [0.25, 0.3) is 0 Å². The van der Waals surface area contributed by atoms with Crippen LogP contribution in [0.3, 0.4) is 0 Å². The number of carbonyl (C=O) groups is 1. The van der Waals surface area contributed by atoms with Crippen LogP contribution in [-0.4, -0.2) is 39.3 Å². The maximum absolute atomic E-state index is 11.2. The summed E-state index contributed by atoms with van der Waals surface area (Å²) in [7, 11) is 3.29. The summed E-state index contributed by atoms with van der Waals surface area (Å²) in [6, 6.07) is 1.86. The standard InChI is InChI=1S/C10H16N2O3S/c1-7-5-8(12(3)11-7)16-10(2,6-15-4)9(13)14/h5H,6H2,1-4H3,(H,13,14). The fourth-order valence-corrected chi connectivity index (χ4v) is 2.45. The van der Waals surface area contributed by atoms with E-state index >= 15 is 0 Å². The highest BCUT2D eigenvalue weighted by Gasteiger charge is 2.35. The van der Waals surface area contributed by atoms with Gasteiger partial charge in [0.1, 0.15) is 4.75 Å². The van der Waals surface area contributed by atoms with Gasteiger partial charge in [-0.3, -0.25) is 9.48 Å². The molecular formula is C10H16N2O3S. The number of rotatable bonds is 5. The molecule has 6 heteroatoms. The van der Waals surface area contributed by atoms with E-state index in [9.17, 15) is 9.90 Å². The summed E-state index contributed by atoms with van der Waals surface area (Å²) in [6.07, 6.45) is 0. The molecule has 0 fully saturated rings. The molecule has 0 amide bonds. The third-order valence-corrected chi connectivity index (χ3v) is 3.50. The second-order valence-electron chi connectivity index (χ2n) is 3.82. The van der Waals surface area contributed by atoms with Gasteiger partial charge in [0, 0.05) is 14.2 Å². The largest absolute Gasteiger partial charge is 0.480 e. The number of ether oxygens (including phenoxy) is 1. The van der Waals surface area contributed by atoms with Crippen LogP contribution in [-0.2, 0) is 16.6 Å². The molecule has 1 unspecified atom stereocenters. The Morgan fingerprint density at radius 2 is 2.38 bits per heavy atom. The van der Waals surface area contributed by atoms with E-state index in [-0.39, 0.29) is 6.61 Å². The van der Waals surface area contributed by atoms with Gasteiger partial charge in [0.2, 0.25) is 0 Å². The number of methoxy groups -OCH3 is 1. The topological polar surface area (TPSA) is 64.4 Å². The van der Waals surface area contributed by atoms with E-state index in [1.54, 1.807) is 18.7 Å². The number of hydrogen-bond donors (Lipinski definition) is 1. The third kappa shape index (κ3) is 2.76. The minimum Gasteiger partial charge on any atom is -0.480 e. The van der Waals surface area contributed by atoms with Gasteiger partial charge in [-0.15, -0.1) is 0 Å². The van der Waals surface area contributed by atoms with Crippen LogP contribution in [0, 0.1) is 6.92 Å². The van der Waals surface area contributed by atoms with Crippen molar-refractivity contribution in [3.8, 4) is 0 Å². The molecule has 0 bridgehead atoms. The molecule has 0 aliphatic heterocycles. The van der Waals surface area contributed by atoms with E-state index in [0.29, 0.717) is 0 Å². The molecule has 0 radical (unpaired) electrons. The predicted molar refractivity (Wildman–Crippen MR) is 61.7 cm³/mol. The Morgan fingerprint density at radius 3 is 2.75 bits per heavy atom. The molecule has 0 spiro atoms. The van der Waals surface area contributed by atoms with Crippen molar-refractivity contribution in [2.45, 2.75) is 23.6 Å². The molecule has 1 N–H and O–H groups in total. The minimum absolute atomic E-state index is 0.150. The zero-order chi connectivity index (χ0) is 12.3. The van der Waals surface area contributed by atoms with Crippen molar-refractivity contribution in [1.82, 2.24) is 9.78 Å². The van der Waals surface area contributed by atoms with E-state index in [1.165, 1.54) is 18.9 Å². The maximum atomic E-state index is 11.2. The van der Waals surface area contributed by atoms with Crippen LogP contribution in [0.25, 0.3) is 0 Å². The van der Waals surface area contributed by atoms with Gasteiger partial charge in [0.05, 0.1) is 17.3 Å². The highest BCUT2D eigenvalue weighted by atomic mass is 32.2. The molecular weight excluding hydrogens is 228 g/mol. The van der Waals surface area contributed by atoms with Crippen LogP contribution in [0.1, 0.15) is 12.6 Å². The predicted octanol–water partition coefficient (Wildman–Crippen LogP) is 1.31. The molecule has 1 aromatic heterocycles. The maximum Gasteiger partial charge on any atom is 0.322 e. The Hall–Kier alpha value is -1.01. The minimum atomic E-state index is -0.991. The summed E-state index contributed by atoms with van der Waals surface area (Å²) in [5.41, 5.74) is 0.871.